The first kappa shape index (κ1) is 17.5. The zero-order valence-corrected chi connectivity index (χ0v) is 12.4. The van der Waals surface area contributed by atoms with Crippen molar-refractivity contribution in [1.82, 2.24) is 10.2 Å². The normalized spacial score (nSPS) is 14.4. The first-order valence-electron chi connectivity index (χ1n) is 7.07. The Labute approximate surface area is 135 Å². The van der Waals surface area contributed by atoms with Gasteiger partial charge in [-0.1, -0.05) is 5.92 Å². The van der Waals surface area contributed by atoms with Crippen LogP contribution < -0.4 is 5.32 Å². The fraction of sp³-hybridized carbons (Fsp3) is 0.312. The Morgan fingerprint density at radius 3 is 2.25 bits per heavy atom. The Balaban J connectivity index is 1.84. The Morgan fingerprint density at radius 1 is 1.12 bits per heavy atom. The molecule has 126 valence electrons. The summed E-state index contributed by atoms with van der Waals surface area (Å²) >= 11 is 0. The molecule has 8 heteroatoms. The molecule has 1 fully saturated rings. The van der Waals surface area contributed by atoms with E-state index in [0.717, 1.165) is 17.0 Å². The molecule has 1 heterocycles. The van der Waals surface area contributed by atoms with Crippen molar-refractivity contribution in [3.05, 3.63) is 35.4 Å². The number of alkyl halides is 3. The van der Waals surface area contributed by atoms with Gasteiger partial charge in [0.05, 0.1) is 5.56 Å². The van der Waals surface area contributed by atoms with Gasteiger partial charge in [0.15, 0.2) is 0 Å². The molecule has 1 saturated heterocycles. The van der Waals surface area contributed by atoms with Crippen molar-refractivity contribution in [2.45, 2.75) is 19.0 Å². The van der Waals surface area contributed by atoms with Crippen molar-refractivity contribution in [3.63, 3.8) is 0 Å². The second-order valence-electron chi connectivity index (χ2n) is 5.02. The summed E-state index contributed by atoms with van der Waals surface area (Å²) in [5.74, 6) is 3.49. The van der Waals surface area contributed by atoms with Crippen LogP contribution in [0.15, 0.2) is 24.3 Å². The van der Waals surface area contributed by atoms with E-state index in [1.165, 1.54) is 12.1 Å². The van der Waals surface area contributed by atoms with E-state index >= 15 is 0 Å². The third kappa shape index (κ3) is 4.59. The highest BCUT2D eigenvalue weighted by Gasteiger charge is 2.30. The summed E-state index contributed by atoms with van der Waals surface area (Å²) in [6, 6.07) is 4.11. The standard InChI is InChI=1S/C16H13F3N2O3/c17-16(18,19)12-4-1-11(2-5-12)3-6-13(22)20-9-10-21-14(23)7-8-15(21)24/h1-2,4-5H,7-10H2,(H,20,22). The number of hydrogen-bond acceptors (Lipinski definition) is 3. The van der Waals surface area contributed by atoms with Crippen molar-refractivity contribution in [2.75, 3.05) is 13.1 Å². The highest BCUT2D eigenvalue weighted by atomic mass is 19.4. The molecule has 1 aromatic rings. The number of nitrogens with zero attached hydrogens (tertiary/aromatic N) is 1. The number of halogens is 3. The number of likely N-dealkylation sites (tertiary alicyclic amines) is 1. The molecule has 0 saturated carbocycles. The zero-order valence-electron chi connectivity index (χ0n) is 12.4. The summed E-state index contributed by atoms with van der Waals surface area (Å²) in [6.45, 7) is 0.142. The van der Waals surface area contributed by atoms with Gasteiger partial charge in [-0.15, -0.1) is 0 Å². The Hall–Kier alpha value is -2.82. The number of benzene rings is 1. The summed E-state index contributed by atoms with van der Waals surface area (Å²) in [4.78, 5) is 35.3. The van der Waals surface area contributed by atoms with Crippen LogP contribution >= 0.6 is 0 Å². The van der Waals surface area contributed by atoms with Gasteiger partial charge in [-0.25, -0.2) is 0 Å². The summed E-state index contributed by atoms with van der Waals surface area (Å²) in [7, 11) is 0. The molecule has 0 spiro atoms. The third-order valence-electron chi connectivity index (χ3n) is 3.31. The summed E-state index contributed by atoms with van der Waals surface area (Å²) in [6.07, 6.45) is -4.06. The van der Waals surface area contributed by atoms with Crippen LogP contribution in [0.4, 0.5) is 13.2 Å². The van der Waals surface area contributed by atoms with Crippen LogP contribution in [0, 0.1) is 11.8 Å². The largest absolute Gasteiger partial charge is 0.416 e. The van der Waals surface area contributed by atoms with E-state index < -0.39 is 17.6 Å². The predicted molar refractivity (Wildman–Crippen MR) is 77.3 cm³/mol. The summed E-state index contributed by atoms with van der Waals surface area (Å²) in [5, 5.41) is 2.42. The SMILES string of the molecule is O=C(C#Cc1ccc(C(F)(F)F)cc1)NCCN1C(=O)CCC1=O. The Bertz CT molecular complexity index is 699. The average Bonchev–Trinajstić information content (AvgIpc) is 2.84. The maximum Gasteiger partial charge on any atom is 0.416 e. The average molecular weight is 338 g/mol. The second kappa shape index (κ2) is 7.17. The van der Waals surface area contributed by atoms with Gasteiger partial charge in [-0.2, -0.15) is 13.2 Å². The number of nitrogens with one attached hydrogen (secondary N) is 1. The van der Waals surface area contributed by atoms with Gasteiger partial charge in [0.2, 0.25) is 11.8 Å². The number of imide groups is 1. The highest BCUT2D eigenvalue weighted by Crippen LogP contribution is 2.28. The zero-order chi connectivity index (χ0) is 17.7. The first-order chi connectivity index (χ1) is 11.3. The molecular weight excluding hydrogens is 325 g/mol. The van der Waals surface area contributed by atoms with E-state index in [4.69, 9.17) is 0 Å². The molecule has 0 aromatic heterocycles. The van der Waals surface area contributed by atoms with Crippen molar-refractivity contribution in [3.8, 4) is 11.8 Å². The highest BCUT2D eigenvalue weighted by molar-refractivity contribution is 6.02. The molecule has 0 aliphatic carbocycles. The van der Waals surface area contributed by atoms with E-state index in [2.05, 4.69) is 17.2 Å². The lowest BCUT2D eigenvalue weighted by Crippen LogP contribution is -2.37. The van der Waals surface area contributed by atoms with Crippen molar-refractivity contribution in [1.29, 1.82) is 0 Å². The van der Waals surface area contributed by atoms with Crippen molar-refractivity contribution >= 4 is 17.7 Å². The molecule has 1 aromatic carbocycles. The minimum Gasteiger partial charge on any atom is -0.343 e. The molecule has 1 aliphatic heterocycles. The fourth-order valence-corrected chi connectivity index (χ4v) is 2.07. The van der Waals surface area contributed by atoms with Gasteiger partial charge in [0.25, 0.3) is 5.91 Å². The molecule has 0 radical (unpaired) electrons. The minimum atomic E-state index is -4.42. The monoisotopic (exact) mass is 338 g/mol. The smallest absolute Gasteiger partial charge is 0.343 e. The predicted octanol–water partition coefficient (Wildman–Crippen LogP) is 1.32. The first-order valence-corrected chi connectivity index (χ1v) is 7.07. The fourth-order valence-electron chi connectivity index (χ4n) is 2.07. The van der Waals surface area contributed by atoms with Gasteiger partial charge >= 0.3 is 6.18 Å². The minimum absolute atomic E-state index is 0.0675. The Morgan fingerprint density at radius 2 is 1.71 bits per heavy atom. The summed E-state index contributed by atoms with van der Waals surface area (Å²) in [5.41, 5.74) is -0.527. The van der Waals surface area contributed by atoms with Crippen molar-refractivity contribution < 1.29 is 27.6 Å². The van der Waals surface area contributed by atoms with Crippen LogP contribution in [0.2, 0.25) is 0 Å². The third-order valence-corrected chi connectivity index (χ3v) is 3.31. The summed E-state index contributed by atoms with van der Waals surface area (Å²) < 4.78 is 37.2. The molecule has 2 rings (SSSR count). The molecule has 24 heavy (non-hydrogen) atoms. The number of carbonyl (C=O) groups is 3. The van der Waals surface area contributed by atoms with E-state index in [9.17, 15) is 27.6 Å². The number of carbonyl (C=O) groups excluding carboxylic acids is 3. The molecule has 3 amide bonds. The number of amides is 3. The lowest BCUT2D eigenvalue weighted by atomic mass is 10.1. The van der Waals surface area contributed by atoms with Gasteiger partial charge in [-0.05, 0) is 24.3 Å². The number of rotatable bonds is 3. The lowest BCUT2D eigenvalue weighted by molar-refractivity contribution is -0.139. The molecule has 5 nitrogen and oxygen atoms in total. The second-order valence-corrected chi connectivity index (χ2v) is 5.02. The van der Waals surface area contributed by atoms with E-state index in [-0.39, 0.29) is 43.3 Å². The van der Waals surface area contributed by atoms with Crippen LogP contribution in [0.1, 0.15) is 24.0 Å². The van der Waals surface area contributed by atoms with Crippen molar-refractivity contribution in [2.24, 2.45) is 0 Å². The van der Waals surface area contributed by atoms with E-state index in [1.807, 2.05) is 0 Å². The van der Waals surface area contributed by atoms with Gasteiger partial charge in [0, 0.05) is 37.4 Å². The molecule has 0 bridgehead atoms. The topological polar surface area (TPSA) is 66.5 Å². The van der Waals surface area contributed by atoms with E-state index in [1.54, 1.807) is 0 Å². The molecule has 0 unspecified atom stereocenters. The maximum absolute atomic E-state index is 12.4. The van der Waals surface area contributed by atoms with Gasteiger partial charge in [0.1, 0.15) is 0 Å². The van der Waals surface area contributed by atoms with Gasteiger partial charge in [-0.3, -0.25) is 19.3 Å². The maximum atomic E-state index is 12.4. The van der Waals surface area contributed by atoms with Crippen LogP contribution in [-0.2, 0) is 20.6 Å². The lowest BCUT2D eigenvalue weighted by Gasteiger charge is -2.12. The quantitative estimate of drug-likeness (QED) is 0.668. The molecule has 0 atom stereocenters. The molecule has 1 aliphatic rings. The van der Waals surface area contributed by atoms with Crippen LogP contribution in [-0.4, -0.2) is 35.7 Å². The Kier molecular flexibility index (Phi) is 5.24. The van der Waals surface area contributed by atoms with Crippen LogP contribution in [0.5, 0.6) is 0 Å². The molecular formula is C16H13F3N2O3. The van der Waals surface area contributed by atoms with Crippen LogP contribution in [0.3, 0.4) is 0 Å². The van der Waals surface area contributed by atoms with Gasteiger partial charge < -0.3 is 5.32 Å². The van der Waals surface area contributed by atoms with E-state index in [0.29, 0.717) is 0 Å². The van der Waals surface area contributed by atoms with Crippen LogP contribution in [0.25, 0.3) is 0 Å². The number of hydrogen-bond donors (Lipinski definition) is 1. The molecule has 1 N–H and O–H groups in total.